The van der Waals surface area contributed by atoms with Gasteiger partial charge in [0.1, 0.15) is 11.5 Å². The van der Waals surface area contributed by atoms with Gasteiger partial charge < -0.3 is 19.2 Å². The maximum atomic E-state index is 5.52. The molecule has 0 spiro atoms. The van der Waals surface area contributed by atoms with Crippen molar-refractivity contribution in [2.24, 2.45) is 0 Å². The molecule has 1 aromatic heterocycles. The smallest absolute Gasteiger partial charge is 0.131 e. The Labute approximate surface area is 112 Å². The molecule has 0 atom stereocenters. The molecule has 19 heavy (non-hydrogen) atoms. The van der Waals surface area contributed by atoms with E-state index in [0.29, 0.717) is 13.0 Å². The summed E-state index contributed by atoms with van der Waals surface area (Å²) in [6.07, 6.45) is 4.17. The monoisotopic (exact) mass is 262 g/mol. The first-order chi connectivity index (χ1) is 9.30. The SMILES string of the molecule is COCc1ccc(OC)c(Cc2c[nH]cn2)c1OC. The average molecular weight is 262 g/mol. The minimum absolute atomic E-state index is 0.501. The first-order valence-corrected chi connectivity index (χ1v) is 5.99. The third-order valence-electron chi connectivity index (χ3n) is 2.94. The van der Waals surface area contributed by atoms with Gasteiger partial charge in [-0.25, -0.2) is 4.98 Å². The van der Waals surface area contributed by atoms with Crippen molar-refractivity contribution >= 4 is 0 Å². The molecule has 0 amide bonds. The van der Waals surface area contributed by atoms with Crippen LogP contribution in [0.15, 0.2) is 24.7 Å². The Hall–Kier alpha value is -2.01. The van der Waals surface area contributed by atoms with Gasteiger partial charge in [-0.1, -0.05) is 0 Å². The van der Waals surface area contributed by atoms with E-state index in [4.69, 9.17) is 14.2 Å². The van der Waals surface area contributed by atoms with Crippen LogP contribution < -0.4 is 9.47 Å². The van der Waals surface area contributed by atoms with Crippen LogP contribution in [0, 0.1) is 0 Å². The van der Waals surface area contributed by atoms with Gasteiger partial charge in [-0.2, -0.15) is 0 Å². The second kappa shape index (κ2) is 6.24. The van der Waals surface area contributed by atoms with Crippen molar-refractivity contribution < 1.29 is 14.2 Å². The number of ether oxygens (including phenoxy) is 3. The van der Waals surface area contributed by atoms with Gasteiger partial charge in [0, 0.05) is 30.9 Å². The molecule has 0 fully saturated rings. The van der Waals surface area contributed by atoms with Crippen LogP contribution >= 0.6 is 0 Å². The zero-order valence-corrected chi connectivity index (χ0v) is 11.4. The van der Waals surface area contributed by atoms with E-state index in [-0.39, 0.29) is 0 Å². The highest BCUT2D eigenvalue weighted by atomic mass is 16.5. The number of nitrogens with one attached hydrogen (secondary N) is 1. The molecule has 1 aromatic carbocycles. The molecule has 102 valence electrons. The summed E-state index contributed by atoms with van der Waals surface area (Å²) in [5.41, 5.74) is 2.91. The Kier molecular flexibility index (Phi) is 4.41. The number of aromatic amines is 1. The molecule has 5 heteroatoms. The number of nitrogens with zero attached hydrogens (tertiary/aromatic N) is 1. The summed E-state index contributed by atoms with van der Waals surface area (Å²) >= 11 is 0. The number of rotatable bonds is 6. The van der Waals surface area contributed by atoms with Gasteiger partial charge in [0.25, 0.3) is 0 Å². The van der Waals surface area contributed by atoms with Crippen LogP contribution in [0.3, 0.4) is 0 Å². The van der Waals surface area contributed by atoms with E-state index < -0.39 is 0 Å². The molecular formula is C14H18N2O3. The summed E-state index contributed by atoms with van der Waals surface area (Å²) in [7, 11) is 4.97. The quantitative estimate of drug-likeness (QED) is 0.866. The van der Waals surface area contributed by atoms with Crippen LogP contribution in [0.1, 0.15) is 16.8 Å². The minimum atomic E-state index is 0.501. The van der Waals surface area contributed by atoms with Crippen molar-refractivity contribution in [3.05, 3.63) is 41.5 Å². The van der Waals surface area contributed by atoms with E-state index in [0.717, 1.165) is 28.3 Å². The van der Waals surface area contributed by atoms with Crippen molar-refractivity contribution in [2.75, 3.05) is 21.3 Å². The zero-order chi connectivity index (χ0) is 13.7. The highest BCUT2D eigenvalue weighted by Crippen LogP contribution is 2.34. The summed E-state index contributed by atoms with van der Waals surface area (Å²) in [5.74, 6) is 1.59. The average Bonchev–Trinajstić information content (AvgIpc) is 2.92. The molecule has 5 nitrogen and oxygen atoms in total. The summed E-state index contributed by atoms with van der Waals surface area (Å²) < 4.78 is 16.1. The Morgan fingerprint density at radius 3 is 2.58 bits per heavy atom. The normalized spacial score (nSPS) is 10.5. The summed E-state index contributed by atoms with van der Waals surface area (Å²) in [6.45, 7) is 0.501. The molecule has 1 heterocycles. The van der Waals surface area contributed by atoms with Gasteiger partial charge in [-0.05, 0) is 12.1 Å². The van der Waals surface area contributed by atoms with E-state index in [1.807, 2.05) is 18.3 Å². The minimum Gasteiger partial charge on any atom is -0.496 e. The van der Waals surface area contributed by atoms with Crippen LogP contribution in [0.4, 0.5) is 0 Å². The van der Waals surface area contributed by atoms with Crippen molar-refractivity contribution in [1.82, 2.24) is 9.97 Å². The molecule has 0 saturated heterocycles. The lowest BCUT2D eigenvalue weighted by Crippen LogP contribution is -2.02. The van der Waals surface area contributed by atoms with E-state index in [2.05, 4.69) is 9.97 Å². The highest BCUT2D eigenvalue weighted by Gasteiger charge is 2.16. The predicted octanol–water partition coefficient (Wildman–Crippen LogP) is 2.16. The van der Waals surface area contributed by atoms with Crippen LogP contribution in [-0.2, 0) is 17.8 Å². The van der Waals surface area contributed by atoms with E-state index >= 15 is 0 Å². The summed E-state index contributed by atoms with van der Waals surface area (Å²) in [6, 6.07) is 3.88. The maximum absolute atomic E-state index is 5.52. The topological polar surface area (TPSA) is 56.4 Å². The third-order valence-corrected chi connectivity index (χ3v) is 2.94. The molecule has 0 unspecified atom stereocenters. The molecule has 1 N–H and O–H groups in total. The number of benzene rings is 1. The predicted molar refractivity (Wildman–Crippen MR) is 71.7 cm³/mol. The van der Waals surface area contributed by atoms with Crippen molar-refractivity contribution in [1.29, 1.82) is 0 Å². The van der Waals surface area contributed by atoms with Crippen LogP contribution in [-0.4, -0.2) is 31.3 Å². The van der Waals surface area contributed by atoms with Crippen molar-refractivity contribution in [3.63, 3.8) is 0 Å². The first kappa shape index (κ1) is 13.4. The molecular weight excluding hydrogens is 244 g/mol. The fourth-order valence-electron chi connectivity index (χ4n) is 2.11. The Balaban J connectivity index is 2.44. The van der Waals surface area contributed by atoms with Gasteiger partial charge in [0.15, 0.2) is 0 Å². The number of imidazole rings is 1. The second-order valence-corrected chi connectivity index (χ2v) is 4.11. The maximum Gasteiger partial charge on any atom is 0.131 e. The Morgan fingerprint density at radius 1 is 1.16 bits per heavy atom. The zero-order valence-electron chi connectivity index (χ0n) is 11.4. The van der Waals surface area contributed by atoms with Crippen LogP contribution in [0.5, 0.6) is 11.5 Å². The van der Waals surface area contributed by atoms with E-state index in [9.17, 15) is 0 Å². The molecule has 0 bridgehead atoms. The molecule has 2 rings (SSSR count). The van der Waals surface area contributed by atoms with Crippen LogP contribution in [0.25, 0.3) is 0 Å². The highest BCUT2D eigenvalue weighted by molar-refractivity contribution is 5.51. The first-order valence-electron chi connectivity index (χ1n) is 5.99. The fourth-order valence-corrected chi connectivity index (χ4v) is 2.11. The number of hydrogen-bond donors (Lipinski definition) is 1. The van der Waals surface area contributed by atoms with Gasteiger partial charge in [-0.15, -0.1) is 0 Å². The lowest BCUT2D eigenvalue weighted by atomic mass is 10.0. The summed E-state index contributed by atoms with van der Waals surface area (Å²) in [4.78, 5) is 7.19. The molecule has 0 aliphatic rings. The molecule has 2 aromatic rings. The van der Waals surface area contributed by atoms with Crippen molar-refractivity contribution in [2.45, 2.75) is 13.0 Å². The van der Waals surface area contributed by atoms with Gasteiger partial charge in [0.2, 0.25) is 0 Å². The van der Waals surface area contributed by atoms with Crippen molar-refractivity contribution in [3.8, 4) is 11.5 Å². The van der Waals surface area contributed by atoms with E-state index in [1.165, 1.54) is 0 Å². The molecule has 0 radical (unpaired) electrons. The second-order valence-electron chi connectivity index (χ2n) is 4.11. The Morgan fingerprint density at radius 2 is 2.00 bits per heavy atom. The Bertz CT molecular complexity index is 524. The lowest BCUT2D eigenvalue weighted by molar-refractivity contribution is 0.181. The number of H-pyrrole nitrogens is 1. The molecule has 0 aliphatic carbocycles. The summed E-state index contributed by atoms with van der Waals surface area (Å²) in [5, 5.41) is 0. The van der Waals surface area contributed by atoms with E-state index in [1.54, 1.807) is 27.7 Å². The fraction of sp³-hybridized carbons (Fsp3) is 0.357. The number of hydrogen-bond acceptors (Lipinski definition) is 4. The molecule has 0 aliphatic heterocycles. The van der Waals surface area contributed by atoms with Crippen LogP contribution in [0.2, 0.25) is 0 Å². The lowest BCUT2D eigenvalue weighted by Gasteiger charge is -2.16. The van der Waals surface area contributed by atoms with Gasteiger partial charge >= 0.3 is 0 Å². The molecule has 0 saturated carbocycles. The third kappa shape index (κ3) is 2.88. The largest absolute Gasteiger partial charge is 0.496 e. The number of methoxy groups -OCH3 is 3. The van der Waals surface area contributed by atoms with Gasteiger partial charge in [-0.3, -0.25) is 0 Å². The standard InChI is InChI=1S/C14H18N2O3/c1-17-8-10-4-5-13(18-2)12(14(10)19-3)6-11-7-15-9-16-11/h4-5,7,9H,6,8H2,1-3H3,(H,15,16). The number of aromatic nitrogens is 2. The van der Waals surface area contributed by atoms with Gasteiger partial charge in [0.05, 0.1) is 32.8 Å².